The highest BCUT2D eigenvalue weighted by Gasteiger charge is 2.19. The summed E-state index contributed by atoms with van der Waals surface area (Å²) >= 11 is 0. The van der Waals surface area contributed by atoms with Crippen molar-refractivity contribution >= 4 is 0 Å². The Bertz CT molecular complexity index is 333. The molecule has 0 aliphatic carbocycles. The first-order valence-corrected chi connectivity index (χ1v) is 5.88. The maximum atomic E-state index is 13.7. The third-order valence-electron chi connectivity index (χ3n) is 2.66. The molecule has 0 heterocycles. The van der Waals surface area contributed by atoms with Gasteiger partial charge in [-0.2, -0.15) is 0 Å². The second-order valence-electron chi connectivity index (χ2n) is 4.34. The summed E-state index contributed by atoms with van der Waals surface area (Å²) in [4.78, 5) is 2.00. The summed E-state index contributed by atoms with van der Waals surface area (Å²) in [7, 11) is 3.89. The summed E-state index contributed by atoms with van der Waals surface area (Å²) in [5.74, 6) is -0.954. The van der Waals surface area contributed by atoms with Gasteiger partial charge in [-0.05, 0) is 45.7 Å². The Morgan fingerprint density at radius 1 is 1.24 bits per heavy atom. The molecule has 1 N–H and O–H groups in total. The maximum Gasteiger partial charge on any atom is 0.130 e. The fourth-order valence-corrected chi connectivity index (χ4v) is 1.83. The zero-order valence-corrected chi connectivity index (χ0v) is 10.6. The highest BCUT2D eigenvalue weighted by atomic mass is 19.1. The summed E-state index contributed by atoms with van der Waals surface area (Å²) in [5, 5.41) is 3.13. The molecule has 17 heavy (non-hydrogen) atoms. The molecule has 0 fully saturated rings. The Hall–Kier alpha value is -1.00. The van der Waals surface area contributed by atoms with E-state index in [1.807, 2.05) is 25.9 Å². The number of nitrogens with one attached hydrogen (secondary N) is 1. The van der Waals surface area contributed by atoms with Gasteiger partial charge in [-0.3, -0.25) is 0 Å². The van der Waals surface area contributed by atoms with Crippen molar-refractivity contribution in [1.82, 2.24) is 10.2 Å². The summed E-state index contributed by atoms with van der Waals surface area (Å²) in [6.07, 6.45) is 0.679. The van der Waals surface area contributed by atoms with Crippen LogP contribution in [0.3, 0.4) is 0 Å². The van der Waals surface area contributed by atoms with Gasteiger partial charge < -0.3 is 10.2 Å². The first-order valence-electron chi connectivity index (χ1n) is 5.88. The molecular weight excluding hydrogens is 222 g/mol. The fraction of sp³-hybridized carbons (Fsp3) is 0.538. The third-order valence-corrected chi connectivity index (χ3v) is 2.66. The van der Waals surface area contributed by atoms with Crippen molar-refractivity contribution in [3.8, 4) is 0 Å². The molecule has 96 valence electrons. The molecule has 0 radical (unpaired) electrons. The van der Waals surface area contributed by atoms with Crippen LogP contribution in [-0.4, -0.2) is 32.1 Å². The van der Waals surface area contributed by atoms with Crippen LogP contribution in [0, 0.1) is 11.6 Å². The van der Waals surface area contributed by atoms with E-state index in [2.05, 4.69) is 5.32 Å². The quantitative estimate of drug-likeness (QED) is 0.824. The van der Waals surface area contributed by atoms with Crippen LogP contribution in [0.5, 0.6) is 0 Å². The lowest BCUT2D eigenvalue weighted by Crippen LogP contribution is -2.27. The van der Waals surface area contributed by atoms with Crippen molar-refractivity contribution in [1.29, 1.82) is 0 Å². The van der Waals surface area contributed by atoms with Gasteiger partial charge in [0.2, 0.25) is 0 Å². The van der Waals surface area contributed by atoms with Crippen molar-refractivity contribution in [2.45, 2.75) is 19.4 Å². The Morgan fingerprint density at radius 2 is 1.82 bits per heavy atom. The van der Waals surface area contributed by atoms with Crippen molar-refractivity contribution < 1.29 is 8.78 Å². The molecule has 0 spiro atoms. The molecule has 0 bridgehead atoms. The summed E-state index contributed by atoms with van der Waals surface area (Å²) < 4.78 is 27.3. The SMILES string of the molecule is CCNC(CCN(C)C)c1c(F)cccc1F. The minimum absolute atomic E-state index is 0.149. The molecule has 1 rings (SSSR count). The van der Waals surface area contributed by atoms with Gasteiger partial charge in [0.05, 0.1) is 0 Å². The van der Waals surface area contributed by atoms with E-state index >= 15 is 0 Å². The van der Waals surface area contributed by atoms with E-state index in [-0.39, 0.29) is 11.6 Å². The lowest BCUT2D eigenvalue weighted by molar-refractivity contribution is 0.353. The van der Waals surface area contributed by atoms with Crippen LogP contribution >= 0.6 is 0 Å². The Morgan fingerprint density at radius 3 is 2.29 bits per heavy atom. The predicted molar refractivity (Wildman–Crippen MR) is 65.9 cm³/mol. The van der Waals surface area contributed by atoms with Gasteiger partial charge in [0, 0.05) is 11.6 Å². The first-order chi connectivity index (χ1) is 8.06. The van der Waals surface area contributed by atoms with Gasteiger partial charge in [0.15, 0.2) is 0 Å². The van der Waals surface area contributed by atoms with Crippen LogP contribution in [-0.2, 0) is 0 Å². The van der Waals surface area contributed by atoms with Crippen molar-refractivity contribution in [3.05, 3.63) is 35.4 Å². The Labute approximate surface area is 102 Å². The van der Waals surface area contributed by atoms with Gasteiger partial charge in [0.25, 0.3) is 0 Å². The van der Waals surface area contributed by atoms with Crippen LogP contribution in [0.15, 0.2) is 18.2 Å². The van der Waals surface area contributed by atoms with Crippen LogP contribution in [0.4, 0.5) is 8.78 Å². The van der Waals surface area contributed by atoms with E-state index < -0.39 is 11.6 Å². The molecule has 2 nitrogen and oxygen atoms in total. The van der Waals surface area contributed by atoms with Crippen LogP contribution in [0.25, 0.3) is 0 Å². The van der Waals surface area contributed by atoms with E-state index in [0.717, 1.165) is 6.54 Å². The molecule has 1 aromatic rings. The lowest BCUT2D eigenvalue weighted by atomic mass is 10.0. The third kappa shape index (κ3) is 4.06. The second-order valence-corrected chi connectivity index (χ2v) is 4.34. The smallest absolute Gasteiger partial charge is 0.130 e. The van der Waals surface area contributed by atoms with Gasteiger partial charge in [-0.15, -0.1) is 0 Å². The van der Waals surface area contributed by atoms with E-state index in [0.29, 0.717) is 13.0 Å². The highest BCUT2D eigenvalue weighted by Crippen LogP contribution is 2.23. The maximum absolute atomic E-state index is 13.7. The Balaban J connectivity index is 2.88. The van der Waals surface area contributed by atoms with Crippen molar-refractivity contribution in [2.24, 2.45) is 0 Å². The van der Waals surface area contributed by atoms with Gasteiger partial charge in [-0.1, -0.05) is 13.0 Å². The summed E-state index contributed by atoms with van der Waals surface area (Å²) in [6, 6.07) is 3.73. The van der Waals surface area contributed by atoms with Gasteiger partial charge in [-0.25, -0.2) is 8.78 Å². The molecule has 0 saturated carbocycles. The normalized spacial score (nSPS) is 13.1. The number of halogens is 2. The van der Waals surface area contributed by atoms with E-state index in [4.69, 9.17) is 0 Å². The fourth-order valence-electron chi connectivity index (χ4n) is 1.83. The molecule has 1 unspecified atom stereocenters. The number of hydrogen-bond acceptors (Lipinski definition) is 2. The number of hydrogen-bond donors (Lipinski definition) is 1. The number of benzene rings is 1. The zero-order chi connectivity index (χ0) is 12.8. The molecule has 4 heteroatoms. The average Bonchev–Trinajstić information content (AvgIpc) is 2.25. The first kappa shape index (κ1) is 14.1. The van der Waals surface area contributed by atoms with Crippen molar-refractivity contribution in [3.63, 3.8) is 0 Å². The summed E-state index contributed by atoms with van der Waals surface area (Å²) in [5.41, 5.74) is 0.149. The van der Waals surface area contributed by atoms with Crippen molar-refractivity contribution in [2.75, 3.05) is 27.2 Å². The van der Waals surface area contributed by atoms with Crippen LogP contribution in [0.1, 0.15) is 24.9 Å². The average molecular weight is 242 g/mol. The number of rotatable bonds is 6. The monoisotopic (exact) mass is 242 g/mol. The summed E-state index contributed by atoms with van der Waals surface area (Å²) in [6.45, 7) is 3.40. The molecule has 0 aliphatic heterocycles. The van der Waals surface area contributed by atoms with Gasteiger partial charge >= 0.3 is 0 Å². The largest absolute Gasteiger partial charge is 0.310 e. The minimum Gasteiger partial charge on any atom is -0.310 e. The molecule has 0 saturated heterocycles. The molecule has 0 aromatic heterocycles. The molecule has 0 amide bonds. The number of nitrogens with zero attached hydrogens (tertiary/aromatic N) is 1. The van der Waals surface area contributed by atoms with E-state index in [1.165, 1.54) is 18.2 Å². The highest BCUT2D eigenvalue weighted by molar-refractivity contribution is 5.23. The minimum atomic E-state index is -0.477. The second kappa shape index (κ2) is 6.67. The van der Waals surface area contributed by atoms with E-state index in [9.17, 15) is 8.78 Å². The molecular formula is C13H20F2N2. The molecule has 1 aromatic carbocycles. The lowest BCUT2D eigenvalue weighted by Gasteiger charge is -2.21. The van der Waals surface area contributed by atoms with E-state index in [1.54, 1.807) is 0 Å². The molecule has 0 aliphatic rings. The van der Waals surface area contributed by atoms with Gasteiger partial charge in [0.1, 0.15) is 11.6 Å². The predicted octanol–water partition coefficient (Wildman–Crippen LogP) is 2.57. The topological polar surface area (TPSA) is 15.3 Å². The molecule has 1 atom stereocenters. The van der Waals surface area contributed by atoms with Crippen LogP contribution in [0.2, 0.25) is 0 Å². The zero-order valence-electron chi connectivity index (χ0n) is 10.6. The Kier molecular flexibility index (Phi) is 5.51. The van der Waals surface area contributed by atoms with Crippen LogP contribution < -0.4 is 5.32 Å². The standard InChI is InChI=1S/C13H20F2N2/c1-4-16-12(8-9-17(2)3)13-10(14)6-5-7-11(13)15/h5-7,12,16H,4,8-9H2,1-3H3.